The minimum absolute atomic E-state index is 0.0674. The van der Waals surface area contributed by atoms with Crippen molar-refractivity contribution in [3.63, 3.8) is 0 Å². The fourth-order valence-electron chi connectivity index (χ4n) is 1.93. The Kier molecular flexibility index (Phi) is 4.25. The summed E-state index contributed by atoms with van der Waals surface area (Å²) in [4.78, 5) is -0.274. The van der Waals surface area contributed by atoms with E-state index in [1.807, 2.05) is 0 Å². The maximum Gasteiger partial charge on any atom is 0.453 e. The van der Waals surface area contributed by atoms with E-state index in [1.165, 1.54) is 6.92 Å². The SMILES string of the molecule is Cc1cc(S(=O)(=O)NCc2nn3c(C(F)(F)F)nnc3s2)ccc1F. The zero-order chi connectivity index (χ0) is 18.4. The average Bonchev–Trinajstić information content (AvgIpc) is 3.06. The molecule has 7 nitrogen and oxygen atoms in total. The van der Waals surface area contributed by atoms with E-state index in [-0.39, 0.29) is 27.0 Å². The van der Waals surface area contributed by atoms with Crippen LogP contribution in [0.15, 0.2) is 23.1 Å². The minimum Gasteiger partial charge on any atom is -0.207 e. The van der Waals surface area contributed by atoms with Crippen molar-refractivity contribution < 1.29 is 26.0 Å². The molecule has 0 fully saturated rings. The summed E-state index contributed by atoms with van der Waals surface area (Å²) >= 11 is 0.767. The summed E-state index contributed by atoms with van der Waals surface area (Å²) in [5.74, 6) is -1.84. The zero-order valence-corrected chi connectivity index (χ0v) is 14.0. The van der Waals surface area contributed by atoms with Gasteiger partial charge < -0.3 is 0 Å². The second-order valence-electron chi connectivity index (χ2n) is 4.95. The lowest BCUT2D eigenvalue weighted by atomic mass is 10.2. The first-order valence-corrected chi connectivity index (χ1v) is 8.92. The van der Waals surface area contributed by atoms with Crippen molar-refractivity contribution in [2.75, 3.05) is 0 Å². The lowest BCUT2D eigenvalue weighted by molar-refractivity contribution is -0.146. The molecule has 0 aliphatic heterocycles. The molecule has 0 radical (unpaired) electrons. The summed E-state index contributed by atoms with van der Waals surface area (Å²) in [7, 11) is -3.97. The fourth-order valence-corrected chi connectivity index (χ4v) is 3.87. The van der Waals surface area contributed by atoms with Crippen LogP contribution in [0.3, 0.4) is 0 Å². The van der Waals surface area contributed by atoms with Crippen LogP contribution in [-0.4, -0.2) is 28.2 Å². The van der Waals surface area contributed by atoms with Crippen LogP contribution in [0.4, 0.5) is 17.6 Å². The standard InChI is InChI=1S/C12H9F4N5O2S2/c1-6-4-7(2-3-8(6)13)25(22,23)17-5-9-20-21-10(12(14,15)16)18-19-11(21)24-9/h2-4,17H,5H2,1H3. The number of alkyl halides is 3. The highest BCUT2D eigenvalue weighted by molar-refractivity contribution is 7.89. The Bertz CT molecular complexity index is 1040. The molecule has 0 saturated heterocycles. The molecular weight excluding hydrogens is 386 g/mol. The number of hydrogen-bond acceptors (Lipinski definition) is 6. The summed E-state index contributed by atoms with van der Waals surface area (Å²) in [5.41, 5.74) is 0.150. The molecule has 134 valence electrons. The molecule has 0 atom stereocenters. The normalized spacial score (nSPS) is 12.8. The maximum absolute atomic E-state index is 13.2. The Morgan fingerprint density at radius 2 is 2.00 bits per heavy atom. The minimum atomic E-state index is -4.73. The van der Waals surface area contributed by atoms with Gasteiger partial charge in [0.15, 0.2) is 0 Å². The molecular formula is C12H9F4N5O2S2. The lowest BCUT2D eigenvalue weighted by Crippen LogP contribution is -2.23. The van der Waals surface area contributed by atoms with Gasteiger partial charge in [-0.3, -0.25) is 0 Å². The Hall–Kier alpha value is -2.12. The first kappa shape index (κ1) is 17.7. The zero-order valence-electron chi connectivity index (χ0n) is 12.4. The molecule has 25 heavy (non-hydrogen) atoms. The van der Waals surface area contributed by atoms with E-state index in [2.05, 4.69) is 20.0 Å². The quantitative estimate of drug-likeness (QED) is 0.684. The third-order valence-corrected chi connectivity index (χ3v) is 5.44. The number of nitrogens with one attached hydrogen (secondary N) is 1. The predicted octanol–water partition coefficient (Wildman–Crippen LogP) is 2.13. The van der Waals surface area contributed by atoms with Gasteiger partial charge in [-0.15, -0.1) is 10.2 Å². The molecule has 2 heterocycles. The van der Waals surface area contributed by atoms with Gasteiger partial charge in [-0.2, -0.15) is 22.8 Å². The van der Waals surface area contributed by atoms with Crippen molar-refractivity contribution in [2.45, 2.75) is 24.5 Å². The van der Waals surface area contributed by atoms with Crippen LogP contribution < -0.4 is 4.72 Å². The van der Waals surface area contributed by atoms with Crippen LogP contribution >= 0.6 is 11.3 Å². The maximum atomic E-state index is 13.2. The third-order valence-electron chi connectivity index (χ3n) is 3.14. The second kappa shape index (κ2) is 6.00. The van der Waals surface area contributed by atoms with Crippen molar-refractivity contribution >= 4 is 26.3 Å². The van der Waals surface area contributed by atoms with Gasteiger partial charge in [0, 0.05) is 0 Å². The van der Waals surface area contributed by atoms with Crippen LogP contribution in [0.5, 0.6) is 0 Å². The highest BCUT2D eigenvalue weighted by Gasteiger charge is 2.38. The molecule has 2 aromatic heterocycles. The van der Waals surface area contributed by atoms with Gasteiger partial charge in [-0.1, -0.05) is 11.3 Å². The topological polar surface area (TPSA) is 89.2 Å². The van der Waals surface area contributed by atoms with Crippen LogP contribution in [-0.2, 0) is 22.7 Å². The first-order valence-electron chi connectivity index (χ1n) is 6.62. The van der Waals surface area contributed by atoms with Gasteiger partial charge >= 0.3 is 6.18 Å². The molecule has 0 saturated carbocycles. The molecule has 1 N–H and O–H groups in total. The molecule has 0 unspecified atom stereocenters. The van der Waals surface area contributed by atoms with Crippen LogP contribution in [0.2, 0.25) is 0 Å². The number of nitrogens with zero attached hydrogens (tertiary/aromatic N) is 4. The average molecular weight is 395 g/mol. The largest absolute Gasteiger partial charge is 0.453 e. The van der Waals surface area contributed by atoms with E-state index in [9.17, 15) is 26.0 Å². The van der Waals surface area contributed by atoms with Gasteiger partial charge in [-0.05, 0) is 30.7 Å². The summed E-state index contributed by atoms with van der Waals surface area (Å²) in [6.07, 6.45) is -4.73. The predicted molar refractivity (Wildman–Crippen MR) is 78.8 cm³/mol. The number of aromatic nitrogens is 4. The smallest absolute Gasteiger partial charge is 0.207 e. The summed E-state index contributed by atoms with van der Waals surface area (Å²) in [6.45, 7) is 1.07. The van der Waals surface area contributed by atoms with E-state index < -0.39 is 27.8 Å². The van der Waals surface area contributed by atoms with Crippen molar-refractivity contribution in [1.29, 1.82) is 0 Å². The molecule has 1 aromatic carbocycles. The number of fused-ring (bicyclic) bond motifs is 1. The van der Waals surface area contributed by atoms with Crippen LogP contribution in [0, 0.1) is 12.7 Å². The van der Waals surface area contributed by atoms with E-state index in [4.69, 9.17) is 0 Å². The van der Waals surface area contributed by atoms with Gasteiger partial charge in [0.05, 0.1) is 11.4 Å². The molecule has 13 heteroatoms. The van der Waals surface area contributed by atoms with Gasteiger partial charge in [0.25, 0.3) is 5.82 Å². The van der Waals surface area contributed by atoms with Crippen LogP contribution in [0.25, 0.3) is 4.96 Å². The Balaban J connectivity index is 1.82. The molecule has 0 bridgehead atoms. The lowest BCUT2D eigenvalue weighted by Gasteiger charge is -2.06. The van der Waals surface area contributed by atoms with Crippen molar-refractivity contribution in [2.24, 2.45) is 0 Å². The summed E-state index contributed by atoms with van der Waals surface area (Å²) in [5, 5.41) is 10.1. The number of sulfonamides is 1. The number of halogens is 4. The third kappa shape index (κ3) is 3.48. The molecule has 3 rings (SSSR count). The summed E-state index contributed by atoms with van der Waals surface area (Å²) < 4.78 is 78.5. The number of aryl methyl sites for hydroxylation is 1. The van der Waals surface area contributed by atoms with Gasteiger partial charge in [0.1, 0.15) is 10.8 Å². The fraction of sp³-hybridized carbons (Fsp3) is 0.250. The Morgan fingerprint density at radius 1 is 1.28 bits per heavy atom. The van der Waals surface area contributed by atoms with Crippen molar-refractivity contribution in [3.05, 3.63) is 40.4 Å². The number of rotatable bonds is 4. The highest BCUT2D eigenvalue weighted by Crippen LogP contribution is 2.29. The van der Waals surface area contributed by atoms with Gasteiger partial charge in [-0.25, -0.2) is 17.5 Å². The second-order valence-corrected chi connectivity index (χ2v) is 7.75. The highest BCUT2D eigenvalue weighted by atomic mass is 32.2. The molecule has 0 aliphatic carbocycles. The number of hydrogen-bond donors (Lipinski definition) is 1. The van der Waals surface area contributed by atoms with E-state index in [0.717, 1.165) is 29.5 Å². The van der Waals surface area contributed by atoms with E-state index >= 15 is 0 Å². The van der Waals surface area contributed by atoms with Crippen LogP contribution in [0.1, 0.15) is 16.4 Å². The first-order chi connectivity index (χ1) is 11.6. The summed E-state index contributed by atoms with van der Waals surface area (Å²) in [6, 6.07) is 3.26. The van der Waals surface area contributed by atoms with Gasteiger partial charge in [0.2, 0.25) is 15.0 Å². The van der Waals surface area contributed by atoms with Crippen molar-refractivity contribution in [1.82, 2.24) is 24.5 Å². The molecule has 0 spiro atoms. The Morgan fingerprint density at radius 3 is 2.64 bits per heavy atom. The van der Waals surface area contributed by atoms with E-state index in [0.29, 0.717) is 4.52 Å². The van der Waals surface area contributed by atoms with Crippen molar-refractivity contribution in [3.8, 4) is 0 Å². The van der Waals surface area contributed by atoms with E-state index in [1.54, 1.807) is 0 Å². The number of benzene rings is 1. The monoisotopic (exact) mass is 395 g/mol. The molecule has 0 amide bonds. The molecule has 0 aliphatic rings. The Labute approximate surface area is 142 Å². The molecule has 3 aromatic rings.